The molecule has 2 aliphatic rings. The van der Waals surface area contributed by atoms with Gasteiger partial charge in [-0.15, -0.1) is 0 Å². The first kappa shape index (κ1) is 46.8. The predicted molar refractivity (Wildman–Crippen MR) is 335 cm³/mol. The van der Waals surface area contributed by atoms with Gasteiger partial charge >= 0.3 is 0 Å². The largest absolute Gasteiger partial charge is 0.455 e. The average Bonchev–Trinajstić information content (AvgIpc) is 2.69. The highest BCUT2D eigenvalue weighted by Crippen LogP contribution is 2.66. The van der Waals surface area contributed by atoms with E-state index in [-0.39, 0.29) is 0 Å². The van der Waals surface area contributed by atoms with Crippen LogP contribution in [0.4, 0.5) is 34.1 Å². The summed E-state index contributed by atoms with van der Waals surface area (Å²) in [4.78, 5) is 14.1. The number of para-hydroxylation sites is 1. The molecule has 384 valence electrons. The second kappa shape index (κ2) is 16.9. The number of pyridine rings is 2. The summed E-state index contributed by atoms with van der Waals surface area (Å²) in [7, 11) is -3.29. The van der Waals surface area contributed by atoms with Crippen molar-refractivity contribution in [2.45, 2.75) is 44.7 Å². The Bertz CT molecular complexity index is 4840. The molecule has 0 saturated carbocycles. The molecule has 0 radical (unpaired) electrons. The molecule has 80 heavy (non-hydrogen) atoms. The van der Waals surface area contributed by atoms with Gasteiger partial charge < -0.3 is 23.1 Å². The van der Waals surface area contributed by atoms with Crippen molar-refractivity contribution >= 4 is 127 Å². The third-order valence-corrected chi connectivity index (χ3v) is 21.3. The summed E-state index contributed by atoms with van der Waals surface area (Å²) in [5.41, 5.74) is 19.4. The molecular formula is C71H54N4O3Si2. The van der Waals surface area contributed by atoms with Gasteiger partial charge in [0, 0.05) is 85.5 Å². The Kier molecular flexibility index (Phi) is 9.86. The lowest BCUT2D eigenvalue weighted by Gasteiger charge is -2.33. The summed E-state index contributed by atoms with van der Waals surface area (Å²) in [6, 6.07) is 76.1. The highest BCUT2D eigenvalue weighted by molar-refractivity contribution is 6.89. The second-order valence-electron chi connectivity index (χ2n) is 23.7. The highest BCUT2D eigenvalue weighted by Gasteiger charge is 2.53. The van der Waals surface area contributed by atoms with E-state index in [0.717, 1.165) is 99.9 Å². The van der Waals surface area contributed by atoms with E-state index in [1.54, 1.807) is 12.4 Å². The maximum absolute atomic E-state index is 7.42. The summed E-state index contributed by atoms with van der Waals surface area (Å²) < 4.78 is 20.5. The minimum atomic E-state index is -1.66. The van der Waals surface area contributed by atoms with E-state index in [2.05, 4.69) is 253 Å². The van der Waals surface area contributed by atoms with Crippen molar-refractivity contribution < 1.29 is 13.3 Å². The molecule has 14 aromatic rings. The third-order valence-electron chi connectivity index (χ3n) is 17.1. The van der Waals surface area contributed by atoms with Crippen molar-refractivity contribution in [3.8, 4) is 22.3 Å². The Morgan fingerprint density at radius 2 is 0.850 bits per heavy atom. The summed E-state index contributed by atoms with van der Waals surface area (Å²) in [5, 5.41) is 8.96. The molecule has 0 aliphatic heterocycles. The topological polar surface area (TPSA) is 71.7 Å². The van der Waals surface area contributed by atoms with Gasteiger partial charge in [0.1, 0.15) is 22.3 Å². The molecular weight excluding hydrogens is 1010 g/mol. The number of anilines is 6. The zero-order valence-electron chi connectivity index (χ0n) is 45.3. The molecule has 5 heterocycles. The molecule has 7 nitrogen and oxygen atoms in total. The van der Waals surface area contributed by atoms with Crippen molar-refractivity contribution in [2.24, 2.45) is 0 Å². The Labute approximate surface area is 465 Å². The number of benzene rings is 9. The number of furan rings is 3. The molecule has 0 amide bonds. The zero-order chi connectivity index (χ0) is 53.8. The molecule has 0 bridgehead atoms. The maximum atomic E-state index is 7.42. The molecule has 9 aromatic carbocycles. The molecule has 0 unspecified atom stereocenters. The molecule has 16 rings (SSSR count). The molecule has 5 aromatic heterocycles. The number of hydrogen-bond donors (Lipinski definition) is 0. The average molecular weight is 1070 g/mol. The maximum Gasteiger partial charge on any atom is 0.227 e. The van der Waals surface area contributed by atoms with E-state index in [4.69, 9.17) is 13.3 Å². The lowest BCUT2D eigenvalue weighted by Crippen LogP contribution is -2.37. The van der Waals surface area contributed by atoms with Crippen LogP contribution in [0.3, 0.4) is 0 Å². The van der Waals surface area contributed by atoms with Gasteiger partial charge in [-0.05, 0) is 136 Å². The van der Waals surface area contributed by atoms with Crippen molar-refractivity contribution in [1.29, 1.82) is 0 Å². The van der Waals surface area contributed by atoms with Gasteiger partial charge in [-0.1, -0.05) is 147 Å². The Hall–Kier alpha value is -9.29. The summed E-state index contributed by atoms with van der Waals surface area (Å²) >= 11 is 0. The van der Waals surface area contributed by atoms with Crippen molar-refractivity contribution in [3.63, 3.8) is 0 Å². The van der Waals surface area contributed by atoms with Crippen LogP contribution < -0.4 is 20.2 Å². The Balaban J connectivity index is 1.00. The van der Waals surface area contributed by atoms with Crippen LogP contribution in [0.1, 0.15) is 22.3 Å². The summed E-state index contributed by atoms with van der Waals surface area (Å²) in [6.07, 6.45) is 3.58. The number of fused-ring (bicyclic) bond motifs is 20. The molecule has 0 N–H and O–H groups in total. The van der Waals surface area contributed by atoms with E-state index >= 15 is 0 Å². The third kappa shape index (κ3) is 6.71. The lowest BCUT2D eigenvalue weighted by atomic mass is 9.70. The van der Waals surface area contributed by atoms with E-state index in [1.165, 1.54) is 43.8 Å². The molecule has 1 spiro atoms. The number of nitrogens with zero attached hydrogens (tertiary/aromatic N) is 4. The minimum absolute atomic E-state index is 0.624. The van der Waals surface area contributed by atoms with Crippen molar-refractivity contribution in [2.75, 3.05) is 9.80 Å². The lowest BCUT2D eigenvalue weighted by molar-refractivity contribution is 0.653. The van der Waals surface area contributed by atoms with E-state index < -0.39 is 21.6 Å². The van der Waals surface area contributed by atoms with Crippen LogP contribution >= 0.6 is 0 Å². The van der Waals surface area contributed by atoms with Gasteiger partial charge in [0.25, 0.3) is 0 Å². The summed E-state index contributed by atoms with van der Waals surface area (Å²) in [5.74, 6) is 0. The second-order valence-corrected chi connectivity index (χ2v) is 33.9. The molecule has 2 aliphatic carbocycles. The van der Waals surface area contributed by atoms with Crippen LogP contribution in [0, 0.1) is 0 Å². The predicted octanol–water partition coefficient (Wildman–Crippen LogP) is 18.5. The highest BCUT2D eigenvalue weighted by atomic mass is 28.3. The fourth-order valence-corrected chi connectivity index (χ4v) is 15.7. The van der Waals surface area contributed by atoms with Crippen LogP contribution in [0.15, 0.2) is 232 Å². The first-order valence-electron chi connectivity index (χ1n) is 27.6. The van der Waals surface area contributed by atoms with Gasteiger partial charge in [-0.2, -0.15) is 0 Å². The van der Waals surface area contributed by atoms with Gasteiger partial charge in [0.05, 0.1) is 32.6 Å². The number of rotatable bonds is 8. The fourth-order valence-electron chi connectivity index (χ4n) is 13.4. The van der Waals surface area contributed by atoms with E-state index in [1.807, 2.05) is 12.1 Å². The molecule has 0 fully saturated rings. The van der Waals surface area contributed by atoms with Gasteiger partial charge in [-0.3, -0.25) is 0 Å². The van der Waals surface area contributed by atoms with Crippen LogP contribution in [-0.2, 0) is 5.41 Å². The smallest absolute Gasteiger partial charge is 0.227 e. The molecule has 0 saturated heterocycles. The Morgan fingerprint density at radius 3 is 1.44 bits per heavy atom. The first-order chi connectivity index (χ1) is 38.9. The number of hydrogen-bond acceptors (Lipinski definition) is 7. The van der Waals surface area contributed by atoms with Gasteiger partial charge in [-0.25, -0.2) is 9.97 Å². The Morgan fingerprint density at radius 1 is 0.362 bits per heavy atom. The van der Waals surface area contributed by atoms with Crippen LogP contribution in [0.5, 0.6) is 0 Å². The van der Waals surface area contributed by atoms with E-state index in [0.29, 0.717) is 11.4 Å². The van der Waals surface area contributed by atoms with Crippen LogP contribution in [0.2, 0.25) is 39.3 Å². The van der Waals surface area contributed by atoms with Crippen molar-refractivity contribution in [1.82, 2.24) is 9.97 Å². The normalized spacial score (nSPS) is 13.5. The van der Waals surface area contributed by atoms with E-state index in [9.17, 15) is 0 Å². The van der Waals surface area contributed by atoms with Gasteiger partial charge in [0.2, 0.25) is 11.4 Å². The SMILES string of the molecule is C[Si](C)(C)c1ccc(N(c2ccc3c(c2)C2(c4ccccc4-c4ccccc42)c2cc(N(c4ccc([Si](C)(C)C)cc4)c4ccc5c(c4)oc4ncccc45)c4c(oc5ccccc54)c2-3)c2ccc3c(c2)oc2ncccc23)cc1. The molecule has 9 heteroatoms. The van der Waals surface area contributed by atoms with Gasteiger partial charge in [0.15, 0.2) is 0 Å². The van der Waals surface area contributed by atoms with Crippen LogP contribution in [-0.4, -0.2) is 26.1 Å². The zero-order valence-corrected chi connectivity index (χ0v) is 47.3. The monoisotopic (exact) mass is 1070 g/mol. The fraction of sp³-hybridized carbons (Fsp3) is 0.0986. The standard InChI is InChI=1S/C71H54N4O3Si2/c1-79(2,3)48-30-23-43(24-31-48)74(46-27-34-52-54-18-13-37-72-69(54)77-64(52)40-46)45-29-36-56-60(39-45)71(58-20-10-7-15-50(58)51-16-8-11-21-59(51)71)61-42-62(67-57-17-9-12-22-63(57)76-68(67)66(56)61)75(44-25-32-49(33-26-44)80(4,5)6)47-28-35-53-55-19-14-38-73-70(55)78-65(53)41-47/h7-42H,1-6H3. The first-order valence-corrected chi connectivity index (χ1v) is 34.6. The summed E-state index contributed by atoms with van der Waals surface area (Å²) in [6.45, 7) is 14.4. The minimum Gasteiger partial charge on any atom is -0.455 e. The molecule has 0 atom stereocenters. The van der Waals surface area contributed by atoms with Crippen LogP contribution in [0.25, 0.3) is 88.3 Å². The number of aromatic nitrogens is 2. The van der Waals surface area contributed by atoms with Crippen molar-refractivity contribution in [3.05, 3.63) is 241 Å². The quantitative estimate of drug-likeness (QED) is 0.140.